The van der Waals surface area contributed by atoms with E-state index in [0.29, 0.717) is 11.4 Å². The van der Waals surface area contributed by atoms with Crippen molar-refractivity contribution < 1.29 is 19.1 Å². The summed E-state index contributed by atoms with van der Waals surface area (Å²) in [6, 6.07) is 18.3. The Labute approximate surface area is 157 Å². The summed E-state index contributed by atoms with van der Waals surface area (Å²) in [5.74, 6) is 0.483. The third-order valence-electron chi connectivity index (χ3n) is 5.29. The van der Waals surface area contributed by atoms with Gasteiger partial charge in [-0.05, 0) is 43.5 Å². The number of rotatable bonds is 4. The van der Waals surface area contributed by atoms with E-state index >= 15 is 0 Å². The van der Waals surface area contributed by atoms with E-state index in [9.17, 15) is 9.59 Å². The average molecular weight is 366 g/mol. The molecule has 2 aliphatic carbocycles. The molecule has 4 atom stereocenters. The van der Waals surface area contributed by atoms with Gasteiger partial charge in [0.15, 0.2) is 0 Å². The zero-order valence-corrected chi connectivity index (χ0v) is 14.8. The number of nitrogens with one attached hydrogen (secondary N) is 2. The SMILES string of the molecule is O=C(Nc1ccccc1)O[C@@H]1[C@@H]2CC[C@@H](C2)[C@H]1OC(=O)Nc1ccccc1. The van der Waals surface area contributed by atoms with Crippen LogP contribution in [0.3, 0.4) is 0 Å². The zero-order valence-electron chi connectivity index (χ0n) is 14.8. The predicted molar refractivity (Wildman–Crippen MR) is 101 cm³/mol. The number of benzene rings is 2. The predicted octanol–water partition coefficient (Wildman–Crippen LogP) is 4.65. The zero-order chi connectivity index (χ0) is 18.6. The summed E-state index contributed by atoms with van der Waals surface area (Å²) in [5.41, 5.74) is 1.34. The van der Waals surface area contributed by atoms with Crippen molar-refractivity contribution in [3.05, 3.63) is 60.7 Å². The van der Waals surface area contributed by atoms with Crippen molar-refractivity contribution in [2.45, 2.75) is 31.5 Å². The first kappa shape index (κ1) is 17.4. The molecule has 6 heteroatoms. The molecule has 0 saturated heterocycles. The van der Waals surface area contributed by atoms with Crippen LogP contribution in [0.25, 0.3) is 0 Å². The van der Waals surface area contributed by atoms with E-state index in [1.54, 1.807) is 24.3 Å². The number of carbonyl (C=O) groups is 2. The maximum atomic E-state index is 12.3. The first-order valence-corrected chi connectivity index (χ1v) is 9.24. The van der Waals surface area contributed by atoms with Crippen LogP contribution in [0, 0.1) is 11.8 Å². The van der Waals surface area contributed by atoms with Gasteiger partial charge in [0.25, 0.3) is 0 Å². The third-order valence-corrected chi connectivity index (χ3v) is 5.29. The molecule has 2 N–H and O–H groups in total. The van der Waals surface area contributed by atoms with Gasteiger partial charge in [0, 0.05) is 23.2 Å². The van der Waals surface area contributed by atoms with Crippen molar-refractivity contribution in [3.8, 4) is 0 Å². The summed E-state index contributed by atoms with van der Waals surface area (Å²) >= 11 is 0. The minimum Gasteiger partial charge on any atom is -0.442 e. The van der Waals surface area contributed by atoms with Crippen LogP contribution in [-0.2, 0) is 9.47 Å². The van der Waals surface area contributed by atoms with Gasteiger partial charge in [-0.25, -0.2) is 9.59 Å². The minimum absolute atomic E-state index is 0.242. The van der Waals surface area contributed by atoms with Gasteiger partial charge in [0.1, 0.15) is 12.2 Å². The van der Waals surface area contributed by atoms with Crippen LogP contribution in [-0.4, -0.2) is 24.4 Å². The minimum atomic E-state index is -0.518. The average Bonchev–Trinajstić information content (AvgIpc) is 3.26. The van der Waals surface area contributed by atoms with Gasteiger partial charge in [0.05, 0.1) is 0 Å². The van der Waals surface area contributed by atoms with Crippen LogP contribution in [0.1, 0.15) is 19.3 Å². The molecule has 2 aromatic rings. The highest BCUT2D eigenvalue weighted by molar-refractivity contribution is 5.85. The highest BCUT2D eigenvalue weighted by Crippen LogP contribution is 2.47. The highest BCUT2D eigenvalue weighted by atomic mass is 16.6. The number of fused-ring (bicyclic) bond motifs is 2. The van der Waals surface area contributed by atoms with Gasteiger partial charge < -0.3 is 9.47 Å². The Balaban J connectivity index is 1.37. The molecular formula is C21H22N2O4. The molecule has 2 amide bonds. The Morgan fingerprint density at radius 3 is 1.52 bits per heavy atom. The van der Waals surface area contributed by atoms with E-state index < -0.39 is 24.4 Å². The summed E-state index contributed by atoms with van der Waals surface area (Å²) in [7, 11) is 0. The van der Waals surface area contributed by atoms with Gasteiger partial charge in [-0.3, -0.25) is 10.6 Å². The van der Waals surface area contributed by atoms with Gasteiger partial charge in [0.2, 0.25) is 0 Å². The quantitative estimate of drug-likeness (QED) is 0.826. The molecule has 0 aromatic heterocycles. The second-order valence-electron chi connectivity index (χ2n) is 7.06. The van der Waals surface area contributed by atoms with Gasteiger partial charge in [-0.2, -0.15) is 0 Å². The summed E-state index contributed by atoms with van der Waals surface area (Å²) in [4.78, 5) is 24.6. The second kappa shape index (κ2) is 7.70. The van der Waals surface area contributed by atoms with Crippen molar-refractivity contribution in [2.24, 2.45) is 11.8 Å². The Morgan fingerprint density at radius 1 is 0.704 bits per heavy atom. The number of hydrogen-bond donors (Lipinski definition) is 2. The highest BCUT2D eigenvalue weighted by Gasteiger charge is 2.52. The van der Waals surface area contributed by atoms with E-state index in [1.807, 2.05) is 36.4 Å². The number of para-hydroxylation sites is 2. The van der Waals surface area contributed by atoms with Gasteiger partial charge >= 0.3 is 12.2 Å². The maximum absolute atomic E-state index is 12.3. The van der Waals surface area contributed by atoms with Gasteiger partial charge in [-0.1, -0.05) is 36.4 Å². The first-order valence-electron chi connectivity index (χ1n) is 9.24. The number of ether oxygens (including phenoxy) is 2. The molecule has 0 radical (unpaired) electrons. The van der Waals surface area contributed by atoms with Crippen LogP contribution < -0.4 is 10.6 Å². The van der Waals surface area contributed by atoms with Crippen molar-refractivity contribution >= 4 is 23.6 Å². The molecule has 0 unspecified atom stereocenters. The van der Waals surface area contributed by atoms with Crippen molar-refractivity contribution in [1.29, 1.82) is 0 Å². The number of amides is 2. The van der Waals surface area contributed by atoms with Crippen LogP contribution in [0.2, 0.25) is 0 Å². The molecule has 0 heterocycles. The standard InChI is InChI=1S/C21H22N2O4/c24-20(22-16-7-3-1-4-8-16)26-18-14-11-12-15(13-14)19(18)27-21(25)23-17-9-5-2-6-10-17/h1-10,14-15,18-19H,11-13H2,(H,22,24)(H,23,25)/t14-,15+,18-,19-/m1/s1. The van der Waals surface area contributed by atoms with E-state index in [-0.39, 0.29) is 11.8 Å². The molecule has 2 bridgehead atoms. The molecule has 0 spiro atoms. The smallest absolute Gasteiger partial charge is 0.412 e. The Bertz CT molecular complexity index is 729. The molecule has 140 valence electrons. The fraction of sp³-hybridized carbons (Fsp3) is 0.333. The molecule has 2 aliphatic rings. The molecule has 27 heavy (non-hydrogen) atoms. The number of anilines is 2. The lowest BCUT2D eigenvalue weighted by Gasteiger charge is -2.30. The van der Waals surface area contributed by atoms with Crippen molar-refractivity contribution in [2.75, 3.05) is 10.6 Å². The Morgan fingerprint density at radius 2 is 1.11 bits per heavy atom. The van der Waals surface area contributed by atoms with Crippen LogP contribution in [0.4, 0.5) is 21.0 Å². The lowest BCUT2D eigenvalue weighted by molar-refractivity contribution is -0.0289. The normalized spacial score (nSPS) is 25.6. The summed E-state index contributed by atoms with van der Waals surface area (Å²) in [6.07, 6.45) is 1.06. The Kier molecular flexibility index (Phi) is 4.96. The third kappa shape index (κ3) is 4.05. The molecule has 2 aromatic carbocycles. The molecule has 2 saturated carbocycles. The van der Waals surface area contributed by atoms with Crippen molar-refractivity contribution in [1.82, 2.24) is 0 Å². The van der Waals surface area contributed by atoms with Crippen LogP contribution in [0.5, 0.6) is 0 Å². The number of carbonyl (C=O) groups excluding carboxylic acids is 2. The number of hydrogen-bond acceptors (Lipinski definition) is 4. The van der Waals surface area contributed by atoms with Crippen LogP contribution >= 0.6 is 0 Å². The van der Waals surface area contributed by atoms with E-state index in [0.717, 1.165) is 19.3 Å². The topological polar surface area (TPSA) is 76.7 Å². The maximum Gasteiger partial charge on any atom is 0.412 e. The summed E-state index contributed by atoms with van der Waals surface area (Å²) in [6.45, 7) is 0. The molecular weight excluding hydrogens is 344 g/mol. The largest absolute Gasteiger partial charge is 0.442 e. The fourth-order valence-corrected chi connectivity index (χ4v) is 4.10. The van der Waals surface area contributed by atoms with Crippen molar-refractivity contribution in [3.63, 3.8) is 0 Å². The second-order valence-corrected chi connectivity index (χ2v) is 7.06. The molecule has 4 rings (SSSR count). The molecule has 2 fully saturated rings. The van der Waals surface area contributed by atoms with E-state index in [4.69, 9.17) is 9.47 Å². The first-order chi connectivity index (χ1) is 13.2. The molecule has 0 aliphatic heterocycles. The fourth-order valence-electron chi connectivity index (χ4n) is 4.10. The van der Waals surface area contributed by atoms with Gasteiger partial charge in [-0.15, -0.1) is 0 Å². The molecule has 6 nitrogen and oxygen atoms in total. The van der Waals surface area contributed by atoms with E-state index in [1.165, 1.54) is 0 Å². The lowest BCUT2D eigenvalue weighted by Crippen LogP contribution is -2.41. The summed E-state index contributed by atoms with van der Waals surface area (Å²) < 4.78 is 11.3. The summed E-state index contributed by atoms with van der Waals surface area (Å²) in [5, 5.41) is 5.45. The van der Waals surface area contributed by atoms with E-state index in [2.05, 4.69) is 10.6 Å². The lowest BCUT2D eigenvalue weighted by atomic mass is 9.94. The Hall–Kier alpha value is -3.02. The van der Waals surface area contributed by atoms with Crippen LogP contribution in [0.15, 0.2) is 60.7 Å². The monoisotopic (exact) mass is 366 g/mol.